The van der Waals surface area contributed by atoms with Crippen molar-refractivity contribution in [2.24, 2.45) is 10.9 Å². The standard InChI is InChI=1S/C20H32N6O/c1-15(2)12-25-8-9-27-18(14-25)11-23-20(21-4)22-10-17-13-26-16(3)6-5-7-19(26)24-17/h5-7,13,15,18H,8-12,14H2,1-4H3,(H2,21,22,23). The number of aliphatic imine (C=N–C) groups is 1. The van der Waals surface area contributed by atoms with Crippen molar-refractivity contribution < 1.29 is 4.74 Å². The van der Waals surface area contributed by atoms with Gasteiger partial charge in [0.05, 0.1) is 24.9 Å². The normalized spacial score (nSPS) is 19.0. The van der Waals surface area contributed by atoms with Crippen LogP contribution in [0.4, 0.5) is 0 Å². The van der Waals surface area contributed by atoms with Crippen LogP contribution in [0.25, 0.3) is 5.65 Å². The van der Waals surface area contributed by atoms with Crippen molar-refractivity contribution in [3.63, 3.8) is 0 Å². The fourth-order valence-electron chi connectivity index (χ4n) is 3.48. The zero-order valence-corrected chi connectivity index (χ0v) is 16.9. The van der Waals surface area contributed by atoms with Gasteiger partial charge in [-0.25, -0.2) is 4.98 Å². The molecule has 1 aliphatic heterocycles. The van der Waals surface area contributed by atoms with Crippen LogP contribution in [0.1, 0.15) is 25.2 Å². The van der Waals surface area contributed by atoms with E-state index in [9.17, 15) is 0 Å². The minimum atomic E-state index is 0.189. The predicted octanol–water partition coefficient (Wildman–Crippen LogP) is 1.66. The lowest BCUT2D eigenvalue weighted by atomic mass is 10.2. The molecule has 1 atom stereocenters. The molecule has 3 rings (SSSR count). The van der Waals surface area contributed by atoms with Gasteiger partial charge in [-0.1, -0.05) is 19.9 Å². The van der Waals surface area contributed by atoms with Crippen LogP contribution in [-0.2, 0) is 11.3 Å². The Balaban J connectivity index is 1.48. The molecule has 1 fully saturated rings. The maximum Gasteiger partial charge on any atom is 0.191 e. The van der Waals surface area contributed by atoms with E-state index in [4.69, 9.17) is 4.74 Å². The predicted molar refractivity (Wildman–Crippen MR) is 109 cm³/mol. The number of morpholine rings is 1. The van der Waals surface area contributed by atoms with Crippen molar-refractivity contribution in [2.45, 2.75) is 33.4 Å². The molecule has 0 aromatic carbocycles. The lowest BCUT2D eigenvalue weighted by Crippen LogP contribution is -2.50. The number of aromatic nitrogens is 2. The van der Waals surface area contributed by atoms with E-state index >= 15 is 0 Å². The highest BCUT2D eigenvalue weighted by Gasteiger charge is 2.21. The molecule has 2 aromatic rings. The van der Waals surface area contributed by atoms with Crippen LogP contribution in [0.3, 0.4) is 0 Å². The van der Waals surface area contributed by atoms with Gasteiger partial charge in [-0.05, 0) is 25.0 Å². The number of rotatable bonds is 6. The number of ether oxygens (including phenoxy) is 1. The average molecular weight is 373 g/mol. The molecular weight excluding hydrogens is 340 g/mol. The molecule has 7 heteroatoms. The lowest BCUT2D eigenvalue weighted by molar-refractivity contribution is -0.0284. The molecule has 0 saturated carbocycles. The number of nitrogens with one attached hydrogen (secondary N) is 2. The Morgan fingerprint density at radius 3 is 2.96 bits per heavy atom. The first-order chi connectivity index (χ1) is 13.0. The smallest absolute Gasteiger partial charge is 0.191 e. The fraction of sp³-hybridized carbons (Fsp3) is 0.600. The number of imidazole rings is 1. The fourth-order valence-corrected chi connectivity index (χ4v) is 3.48. The number of fused-ring (bicyclic) bond motifs is 1. The molecule has 1 unspecified atom stereocenters. The number of aryl methyl sites for hydroxylation is 1. The van der Waals surface area contributed by atoms with E-state index in [1.54, 1.807) is 7.05 Å². The molecule has 0 spiro atoms. The Morgan fingerprint density at radius 2 is 2.22 bits per heavy atom. The highest BCUT2D eigenvalue weighted by Crippen LogP contribution is 2.09. The molecule has 2 N–H and O–H groups in total. The molecule has 0 radical (unpaired) electrons. The third-order valence-electron chi connectivity index (χ3n) is 4.75. The first-order valence-electron chi connectivity index (χ1n) is 9.77. The van der Waals surface area contributed by atoms with Gasteiger partial charge in [-0.2, -0.15) is 0 Å². The Morgan fingerprint density at radius 1 is 1.37 bits per heavy atom. The van der Waals surface area contributed by atoms with Crippen LogP contribution < -0.4 is 10.6 Å². The first kappa shape index (κ1) is 19.6. The second-order valence-corrected chi connectivity index (χ2v) is 7.58. The van der Waals surface area contributed by atoms with Gasteiger partial charge in [0.1, 0.15) is 5.65 Å². The molecule has 0 aliphatic carbocycles. The Hall–Kier alpha value is -2.12. The summed E-state index contributed by atoms with van der Waals surface area (Å²) in [5.74, 6) is 1.45. The Labute approximate surface area is 161 Å². The van der Waals surface area contributed by atoms with E-state index in [2.05, 4.69) is 62.9 Å². The van der Waals surface area contributed by atoms with Crippen LogP contribution in [0.15, 0.2) is 29.4 Å². The molecule has 1 aliphatic rings. The second kappa shape index (κ2) is 9.19. The molecule has 0 amide bonds. The van der Waals surface area contributed by atoms with Crippen molar-refractivity contribution in [3.8, 4) is 0 Å². The highest BCUT2D eigenvalue weighted by molar-refractivity contribution is 5.79. The molecule has 0 bridgehead atoms. The van der Waals surface area contributed by atoms with Crippen LogP contribution >= 0.6 is 0 Å². The second-order valence-electron chi connectivity index (χ2n) is 7.58. The van der Waals surface area contributed by atoms with Crippen LogP contribution in [0.2, 0.25) is 0 Å². The van der Waals surface area contributed by atoms with Gasteiger partial charge in [0, 0.05) is 45.1 Å². The van der Waals surface area contributed by atoms with Crippen molar-refractivity contribution >= 4 is 11.6 Å². The van der Waals surface area contributed by atoms with Crippen LogP contribution in [-0.4, -0.2) is 66.2 Å². The molecule has 3 heterocycles. The van der Waals surface area contributed by atoms with Gasteiger partial charge >= 0.3 is 0 Å². The van der Waals surface area contributed by atoms with E-state index in [0.29, 0.717) is 12.5 Å². The van der Waals surface area contributed by atoms with Crippen molar-refractivity contribution in [3.05, 3.63) is 35.8 Å². The van der Waals surface area contributed by atoms with Gasteiger partial charge in [0.15, 0.2) is 5.96 Å². The number of hydrogen-bond donors (Lipinski definition) is 2. The van der Waals surface area contributed by atoms with E-state index in [0.717, 1.165) is 50.1 Å². The summed E-state index contributed by atoms with van der Waals surface area (Å²) in [6.07, 6.45) is 2.26. The quantitative estimate of drug-likeness (QED) is 0.596. The van der Waals surface area contributed by atoms with E-state index in [1.807, 2.05) is 12.1 Å². The van der Waals surface area contributed by atoms with Crippen molar-refractivity contribution in [1.29, 1.82) is 0 Å². The molecule has 7 nitrogen and oxygen atoms in total. The summed E-state index contributed by atoms with van der Waals surface area (Å²) < 4.78 is 8.00. The van der Waals surface area contributed by atoms with Gasteiger partial charge in [0.25, 0.3) is 0 Å². The summed E-state index contributed by atoms with van der Waals surface area (Å²) in [6, 6.07) is 6.13. The Kier molecular flexibility index (Phi) is 6.68. The molecule has 27 heavy (non-hydrogen) atoms. The van der Waals surface area contributed by atoms with Crippen molar-refractivity contribution in [2.75, 3.05) is 39.8 Å². The zero-order chi connectivity index (χ0) is 19.2. The summed E-state index contributed by atoms with van der Waals surface area (Å²) in [5.41, 5.74) is 3.13. The van der Waals surface area contributed by atoms with Crippen molar-refractivity contribution in [1.82, 2.24) is 24.9 Å². The average Bonchev–Trinajstić information content (AvgIpc) is 3.06. The number of nitrogens with zero attached hydrogens (tertiary/aromatic N) is 4. The molecule has 2 aromatic heterocycles. The largest absolute Gasteiger partial charge is 0.374 e. The van der Waals surface area contributed by atoms with Crippen LogP contribution in [0.5, 0.6) is 0 Å². The third-order valence-corrected chi connectivity index (χ3v) is 4.75. The number of hydrogen-bond acceptors (Lipinski definition) is 4. The topological polar surface area (TPSA) is 66.2 Å². The minimum Gasteiger partial charge on any atom is -0.374 e. The molecular formula is C20H32N6O. The van der Waals surface area contributed by atoms with Gasteiger partial charge in [0.2, 0.25) is 0 Å². The zero-order valence-electron chi connectivity index (χ0n) is 16.9. The number of pyridine rings is 1. The van der Waals surface area contributed by atoms with E-state index in [-0.39, 0.29) is 6.10 Å². The third kappa shape index (κ3) is 5.43. The SMILES string of the molecule is CN=C(NCc1cn2c(C)cccc2n1)NCC1CN(CC(C)C)CCO1. The first-order valence-corrected chi connectivity index (χ1v) is 9.77. The maximum absolute atomic E-state index is 5.90. The molecule has 1 saturated heterocycles. The summed E-state index contributed by atoms with van der Waals surface area (Å²) in [6.45, 7) is 11.9. The summed E-state index contributed by atoms with van der Waals surface area (Å²) in [4.78, 5) is 11.5. The van der Waals surface area contributed by atoms with E-state index in [1.165, 1.54) is 5.69 Å². The lowest BCUT2D eigenvalue weighted by Gasteiger charge is -2.34. The molecule has 148 valence electrons. The van der Waals surface area contributed by atoms with Gasteiger partial charge in [-0.15, -0.1) is 0 Å². The van der Waals surface area contributed by atoms with Gasteiger partial charge < -0.3 is 19.8 Å². The van der Waals surface area contributed by atoms with Crippen LogP contribution in [0, 0.1) is 12.8 Å². The number of guanidine groups is 1. The monoisotopic (exact) mass is 372 g/mol. The van der Waals surface area contributed by atoms with Gasteiger partial charge in [-0.3, -0.25) is 9.89 Å². The summed E-state index contributed by atoms with van der Waals surface area (Å²) in [5, 5.41) is 6.72. The Bertz CT molecular complexity index is 769. The minimum absolute atomic E-state index is 0.189. The summed E-state index contributed by atoms with van der Waals surface area (Å²) >= 11 is 0. The summed E-state index contributed by atoms with van der Waals surface area (Å²) in [7, 11) is 1.79. The highest BCUT2D eigenvalue weighted by atomic mass is 16.5. The van der Waals surface area contributed by atoms with E-state index < -0.39 is 0 Å². The maximum atomic E-state index is 5.90.